The van der Waals surface area contributed by atoms with Gasteiger partial charge in [0.15, 0.2) is 0 Å². The molecule has 0 aliphatic carbocycles. The van der Waals surface area contributed by atoms with Gasteiger partial charge < -0.3 is 20.3 Å². The zero-order chi connectivity index (χ0) is 13.5. The van der Waals surface area contributed by atoms with Crippen molar-refractivity contribution in [3.63, 3.8) is 0 Å². The smallest absolute Gasteiger partial charge is 0.308 e. The third-order valence-electron chi connectivity index (χ3n) is 2.50. The molecule has 0 bridgehead atoms. The van der Waals surface area contributed by atoms with E-state index in [1.807, 2.05) is 6.92 Å². The van der Waals surface area contributed by atoms with Gasteiger partial charge in [-0.05, 0) is 31.5 Å². The molecular weight excluding hydrogens is 234 g/mol. The van der Waals surface area contributed by atoms with Gasteiger partial charge in [-0.2, -0.15) is 0 Å². The number of hydrogen-bond donors (Lipinski definition) is 2. The lowest BCUT2D eigenvalue weighted by Crippen LogP contribution is -2.10. The Balaban J connectivity index is 2.43. The Morgan fingerprint density at radius 2 is 2.22 bits per heavy atom. The van der Waals surface area contributed by atoms with Gasteiger partial charge in [-0.3, -0.25) is 4.79 Å². The highest BCUT2D eigenvalue weighted by Crippen LogP contribution is 2.25. The highest BCUT2D eigenvalue weighted by Gasteiger charge is 2.09. The highest BCUT2D eigenvalue weighted by atomic mass is 16.5. The van der Waals surface area contributed by atoms with Crippen molar-refractivity contribution < 1.29 is 19.4 Å². The molecule has 18 heavy (non-hydrogen) atoms. The van der Waals surface area contributed by atoms with Crippen LogP contribution >= 0.6 is 0 Å². The topological polar surface area (TPSA) is 81.8 Å². The van der Waals surface area contributed by atoms with E-state index >= 15 is 0 Å². The van der Waals surface area contributed by atoms with Crippen LogP contribution in [0.25, 0.3) is 0 Å². The fraction of sp³-hybridized carbons (Fsp3) is 0.462. The monoisotopic (exact) mass is 253 g/mol. The molecule has 1 rings (SSSR count). The maximum absolute atomic E-state index is 11.1. The van der Waals surface area contributed by atoms with Gasteiger partial charge in [-0.15, -0.1) is 0 Å². The molecule has 0 aromatic heterocycles. The molecule has 0 aliphatic rings. The van der Waals surface area contributed by atoms with Gasteiger partial charge in [-0.1, -0.05) is 6.07 Å². The number of hydrogen-bond acceptors (Lipinski definition) is 5. The van der Waals surface area contributed by atoms with Crippen molar-refractivity contribution >= 4 is 11.7 Å². The molecule has 0 spiro atoms. The van der Waals surface area contributed by atoms with Crippen molar-refractivity contribution in [2.45, 2.75) is 26.4 Å². The molecule has 100 valence electrons. The van der Waals surface area contributed by atoms with E-state index in [0.717, 1.165) is 5.56 Å². The number of nitrogen functional groups attached to an aromatic ring is 1. The second-order valence-corrected chi connectivity index (χ2v) is 3.89. The number of rotatable bonds is 6. The quantitative estimate of drug-likeness (QED) is 0.460. The Morgan fingerprint density at radius 3 is 2.83 bits per heavy atom. The molecule has 0 aliphatic heterocycles. The average molecular weight is 253 g/mol. The Hall–Kier alpha value is -1.75. The summed E-state index contributed by atoms with van der Waals surface area (Å²) in [6.07, 6.45) is 0.0356. The number of ether oxygens (including phenoxy) is 2. The van der Waals surface area contributed by atoms with E-state index in [1.54, 1.807) is 19.1 Å². The Labute approximate surface area is 107 Å². The first-order chi connectivity index (χ1) is 8.54. The van der Waals surface area contributed by atoms with Gasteiger partial charge in [0.1, 0.15) is 5.75 Å². The molecule has 1 atom stereocenters. The standard InChI is InChI=1S/C13H19NO4/c1-3-17-13(16)6-7-18-9(2)10-4-5-12(15)11(14)8-10/h4-5,8-9,15H,3,6-7,14H2,1-2H3. The van der Waals surface area contributed by atoms with E-state index in [9.17, 15) is 9.90 Å². The summed E-state index contributed by atoms with van der Waals surface area (Å²) in [4.78, 5) is 11.1. The van der Waals surface area contributed by atoms with Crippen LogP contribution in [-0.4, -0.2) is 24.3 Å². The molecule has 5 nitrogen and oxygen atoms in total. The SMILES string of the molecule is CCOC(=O)CCOC(C)c1ccc(O)c(N)c1. The van der Waals surface area contributed by atoms with Crippen molar-refractivity contribution in [1.82, 2.24) is 0 Å². The Morgan fingerprint density at radius 1 is 1.50 bits per heavy atom. The molecule has 0 saturated carbocycles. The lowest BCUT2D eigenvalue weighted by atomic mass is 10.1. The molecule has 0 fully saturated rings. The third-order valence-corrected chi connectivity index (χ3v) is 2.50. The third kappa shape index (κ3) is 4.25. The second-order valence-electron chi connectivity index (χ2n) is 3.89. The van der Waals surface area contributed by atoms with Crippen molar-refractivity contribution in [2.75, 3.05) is 18.9 Å². The maximum Gasteiger partial charge on any atom is 0.308 e. The van der Waals surface area contributed by atoms with Crippen LogP contribution < -0.4 is 5.73 Å². The zero-order valence-electron chi connectivity index (χ0n) is 10.7. The van der Waals surface area contributed by atoms with Gasteiger partial charge >= 0.3 is 5.97 Å². The van der Waals surface area contributed by atoms with Crippen LogP contribution in [0, 0.1) is 0 Å². The zero-order valence-corrected chi connectivity index (χ0v) is 10.7. The Bertz CT molecular complexity index is 406. The van der Waals surface area contributed by atoms with Crippen LogP contribution in [0.15, 0.2) is 18.2 Å². The molecule has 3 N–H and O–H groups in total. The van der Waals surface area contributed by atoms with Crippen LogP contribution in [0.5, 0.6) is 5.75 Å². The van der Waals surface area contributed by atoms with Crippen LogP contribution in [-0.2, 0) is 14.3 Å². The van der Waals surface area contributed by atoms with E-state index < -0.39 is 0 Å². The molecule has 1 aromatic carbocycles. The average Bonchev–Trinajstić information content (AvgIpc) is 2.33. The van der Waals surface area contributed by atoms with Crippen LogP contribution in [0.1, 0.15) is 31.9 Å². The van der Waals surface area contributed by atoms with Crippen molar-refractivity contribution in [1.29, 1.82) is 0 Å². The minimum atomic E-state index is -0.269. The number of benzene rings is 1. The largest absolute Gasteiger partial charge is 0.506 e. The first-order valence-electron chi connectivity index (χ1n) is 5.90. The summed E-state index contributed by atoms with van der Waals surface area (Å²) in [6.45, 7) is 4.29. The van der Waals surface area contributed by atoms with Crippen LogP contribution in [0.3, 0.4) is 0 Å². The maximum atomic E-state index is 11.1. The number of anilines is 1. The van der Waals surface area contributed by atoms with E-state index in [0.29, 0.717) is 18.9 Å². The van der Waals surface area contributed by atoms with Gasteiger partial charge in [0.05, 0.1) is 31.4 Å². The summed E-state index contributed by atoms with van der Waals surface area (Å²) >= 11 is 0. The molecule has 1 unspecified atom stereocenters. The lowest BCUT2D eigenvalue weighted by molar-refractivity contribution is -0.144. The molecule has 0 radical (unpaired) electrons. The minimum Gasteiger partial charge on any atom is -0.506 e. The molecular formula is C13H19NO4. The highest BCUT2D eigenvalue weighted by molar-refractivity contribution is 5.69. The van der Waals surface area contributed by atoms with Crippen molar-refractivity contribution in [2.24, 2.45) is 0 Å². The second kappa shape index (κ2) is 6.86. The van der Waals surface area contributed by atoms with Gasteiger partial charge in [0, 0.05) is 0 Å². The van der Waals surface area contributed by atoms with E-state index in [-0.39, 0.29) is 24.2 Å². The number of carbonyl (C=O) groups excluding carboxylic acids is 1. The van der Waals surface area contributed by atoms with Crippen LogP contribution in [0.4, 0.5) is 5.69 Å². The van der Waals surface area contributed by atoms with Gasteiger partial charge in [0.25, 0.3) is 0 Å². The summed E-state index contributed by atoms with van der Waals surface area (Å²) < 4.78 is 10.3. The number of aromatic hydroxyl groups is 1. The number of nitrogens with two attached hydrogens (primary N) is 1. The van der Waals surface area contributed by atoms with Crippen molar-refractivity contribution in [3.8, 4) is 5.75 Å². The van der Waals surface area contributed by atoms with E-state index in [1.165, 1.54) is 6.07 Å². The predicted octanol–water partition coefficient (Wildman–Crippen LogP) is 2.01. The normalized spacial score (nSPS) is 12.1. The van der Waals surface area contributed by atoms with Crippen molar-refractivity contribution in [3.05, 3.63) is 23.8 Å². The fourth-order valence-corrected chi connectivity index (χ4v) is 1.47. The molecule has 0 saturated heterocycles. The number of esters is 1. The molecule has 5 heteroatoms. The number of carbonyl (C=O) groups is 1. The first-order valence-corrected chi connectivity index (χ1v) is 5.90. The number of phenols is 1. The van der Waals surface area contributed by atoms with E-state index in [2.05, 4.69) is 0 Å². The number of phenolic OH excluding ortho intramolecular Hbond substituents is 1. The minimum absolute atomic E-state index is 0.0532. The predicted molar refractivity (Wildman–Crippen MR) is 68.1 cm³/mol. The van der Waals surface area contributed by atoms with Gasteiger partial charge in [-0.25, -0.2) is 0 Å². The summed E-state index contributed by atoms with van der Waals surface area (Å²) in [5.41, 5.74) is 6.76. The van der Waals surface area contributed by atoms with Crippen LogP contribution in [0.2, 0.25) is 0 Å². The molecule has 0 heterocycles. The van der Waals surface area contributed by atoms with E-state index in [4.69, 9.17) is 15.2 Å². The summed E-state index contributed by atoms with van der Waals surface area (Å²) in [6, 6.07) is 4.92. The first kappa shape index (κ1) is 14.3. The molecule has 1 aromatic rings. The summed E-state index contributed by atoms with van der Waals surface area (Å²) in [5.74, 6) is -0.215. The van der Waals surface area contributed by atoms with Gasteiger partial charge in [0.2, 0.25) is 0 Å². The fourth-order valence-electron chi connectivity index (χ4n) is 1.47. The summed E-state index contributed by atoms with van der Waals surface area (Å²) in [7, 11) is 0. The lowest BCUT2D eigenvalue weighted by Gasteiger charge is -2.14. The molecule has 0 amide bonds. The Kier molecular flexibility index (Phi) is 5.45. The summed E-state index contributed by atoms with van der Waals surface area (Å²) in [5, 5.41) is 9.31.